The predicted octanol–water partition coefficient (Wildman–Crippen LogP) is 17.3. The largest absolute Gasteiger partial charge is 0.510 e. The van der Waals surface area contributed by atoms with E-state index < -0.39 is 0 Å². The second-order valence-electron chi connectivity index (χ2n) is 21.7. The second-order valence-corrected chi connectivity index (χ2v) is 21.7. The summed E-state index contributed by atoms with van der Waals surface area (Å²) in [4.78, 5) is 5.02. The Morgan fingerprint density at radius 1 is 0.526 bits per heavy atom. The van der Waals surface area contributed by atoms with Crippen molar-refractivity contribution >= 4 is 21.8 Å². The summed E-state index contributed by atoms with van der Waals surface area (Å²) in [5.41, 5.74) is 17.5. The zero-order valence-electron chi connectivity index (χ0n) is 45.1. The van der Waals surface area contributed by atoms with Crippen molar-refractivity contribution < 1.29 is 30.4 Å². The third-order valence-electron chi connectivity index (χ3n) is 15.6. The van der Waals surface area contributed by atoms with E-state index >= 15 is 0 Å². The number of rotatable bonds is 13. The molecule has 0 fully saturated rings. The molecule has 0 aliphatic carbocycles. The van der Waals surface area contributed by atoms with Crippen LogP contribution in [0, 0.1) is 32.3 Å². The van der Waals surface area contributed by atoms with Crippen LogP contribution < -0.4 is 9.30 Å². The fourth-order valence-electron chi connectivity index (χ4n) is 11.0. The summed E-state index contributed by atoms with van der Waals surface area (Å²) in [6, 6.07) is 74.8. The van der Waals surface area contributed by atoms with Crippen LogP contribution in [-0.4, -0.2) is 14.1 Å². The molecular formula is C70H64N4OPt-2. The number of hydrogen-bond acceptors (Lipinski definition) is 2. The van der Waals surface area contributed by atoms with Gasteiger partial charge in [-0.1, -0.05) is 194 Å². The van der Waals surface area contributed by atoms with Crippen LogP contribution in [0.5, 0.6) is 11.5 Å². The van der Waals surface area contributed by atoms with Crippen molar-refractivity contribution in [3.63, 3.8) is 0 Å². The second kappa shape index (κ2) is 20.8. The van der Waals surface area contributed by atoms with E-state index in [0.29, 0.717) is 11.5 Å². The summed E-state index contributed by atoms with van der Waals surface area (Å²) in [5.74, 6) is 2.57. The van der Waals surface area contributed by atoms with Gasteiger partial charge in [0.25, 0.3) is 6.33 Å². The molecular weight excluding hydrogens is 1110 g/mol. The Labute approximate surface area is 463 Å². The molecule has 5 nitrogen and oxygen atoms in total. The molecule has 0 bridgehead atoms. The maximum Gasteiger partial charge on any atom is 0.267 e. The van der Waals surface area contributed by atoms with Gasteiger partial charge in [-0.15, -0.1) is 35.2 Å². The number of fused-ring (bicyclic) bond motifs is 3. The van der Waals surface area contributed by atoms with Gasteiger partial charge in [0.2, 0.25) is 0 Å². The minimum atomic E-state index is -0.270. The molecule has 11 rings (SSSR count). The van der Waals surface area contributed by atoms with Gasteiger partial charge in [0, 0.05) is 60.8 Å². The van der Waals surface area contributed by atoms with Crippen molar-refractivity contribution in [3.05, 3.63) is 257 Å². The van der Waals surface area contributed by atoms with Gasteiger partial charge >= 0.3 is 0 Å². The van der Waals surface area contributed by atoms with E-state index in [4.69, 9.17) is 9.72 Å². The number of hydrogen-bond donors (Lipinski definition) is 0. The summed E-state index contributed by atoms with van der Waals surface area (Å²) in [6.45, 7) is 22.6. The van der Waals surface area contributed by atoms with Gasteiger partial charge in [-0.05, 0) is 117 Å². The van der Waals surface area contributed by atoms with Crippen LogP contribution >= 0.6 is 0 Å². The fourth-order valence-corrected chi connectivity index (χ4v) is 11.0. The maximum absolute atomic E-state index is 7.08. The van der Waals surface area contributed by atoms with Crippen molar-refractivity contribution in [1.29, 1.82) is 0 Å². The van der Waals surface area contributed by atoms with Gasteiger partial charge in [0.05, 0.1) is 11.4 Å². The molecule has 76 heavy (non-hydrogen) atoms. The van der Waals surface area contributed by atoms with Crippen LogP contribution in [0.3, 0.4) is 0 Å². The number of pyridine rings is 1. The average Bonchev–Trinajstić information content (AvgIpc) is 4.00. The van der Waals surface area contributed by atoms with Crippen LogP contribution in [0.1, 0.15) is 112 Å². The molecule has 382 valence electrons. The molecule has 3 heterocycles. The smallest absolute Gasteiger partial charge is 0.267 e. The maximum atomic E-state index is 7.08. The molecule has 8 aromatic carbocycles. The zero-order valence-corrected chi connectivity index (χ0v) is 47.4. The normalized spacial score (nSPS) is 11.9. The summed E-state index contributed by atoms with van der Waals surface area (Å²) >= 11 is 0. The van der Waals surface area contributed by atoms with E-state index in [0.717, 1.165) is 61.5 Å². The first-order chi connectivity index (χ1) is 36.2. The molecule has 0 spiro atoms. The van der Waals surface area contributed by atoms with Crippen molar-refractivity contribution in [2.24, 2.45) is 0 Å². The number of nitrogens with zero attached hydrogens (tertiary/aromatic N) is 4. The number of para-hydroxylation sites is 1. The predicted molar refractivity (Wildman–Crippen MR) is 308 cm³/mol. The number of aromatic nitrogens is 4. The van der Waals surface area contributed by atoms with Crippen molar-refractivity contribution in [2.45, 2.75) is 91.9 Å². The monoisotopic (exact) mass is 1170 g/mol. The van der Waals surface area contributed by atoms with Crippen LogP contribution in [0.4, 0.5) is 0 Å². The van der Waals surface area contributed by atoms with Crippen LogP contribution in [0.25, 0.3) is 61.3 Å². The van der Waals surface area contributed by atoms with Crippen molar-refractivity contribution in [1.82, 2.24) is 14.1 Å². The van der Waals surface area contributed by atoms with Crippen LogP contribution in [-0.2, 0) is 31.9 Å². The zero-order chi connectivity index (χ0) is 52.2. The Morgan fingerprint density at radius 2 is 1.14 bits per heavy atom. The quantitative estimate of drug-likeness (QED) is 0.0852. The van der Waals surface area contributed by atoms with E-state index in [1.807, 2.05) is 12.3 Å². The Bertz CT molecular complexity index is 3860. The van der Waals surface area contributed by atoms with Crippen LogP contribution in [0.15, 0.2) is 194 Å². The Hall–Kier alpha value is -7.59. The average molecular weight is 1170 g/mol. The Balaban J connectivity index is 0.00000657. The topological polar surface area (TPSA) is 35.9 Å². The third-order valence-corrected chi connectivity index (χ3v) is 15.6. The molecule has 11 aromatic rings. The molecule has 0 N–H and O–H groups in total. The van der Waals surface area contributed by atoms with Gasteiger partial charge in [-0.2, -0.15) is 12.1 Å². The Kier molecular flexibility index (Phi) is 14.2. The fraction of sp³-hybridized carbons (Fsp3) is 0.200. The van der Waals surface area contributed by atoms with Gasteiger partial charge in [-0.3, -0.25) is 4.57 Å². The number of imidazole rings is 1. The van der Waals surface area contributed by atoms with Gasteiger partial charge in [0.1, 0.15) is 5.82 Å². The van der Waals surface area contributed by atoms with E-state index in [2.05, 4.69) is 283 Å². The molecule has 0 saturated heterocycles. The molecule has 0 atom stereocenters. The van der Waals surface area contributed by atoms with Crippen molar-refractivity contribution in [2.75, 3.05) is 0 Å². The molecule has 6 heteroatoms. The SMILES string of the molecule is Cc1c(C)[n+](-c2cc(-c3ccccc3)cc(C(C)(C)c3ccccc3)c2)[c-]n1-c1[c-]c(Oc2[c-]c3c(cc2)c2ccccc2n3-c2cc(C(C)(C)c3ccccc3)ccn2)cc(-c2c(C(C)C)cccc2C(C)C)c1.[Pt]. The van der Waals surface area contributed by atoms with Gasteiger partial charge in [0.15, 0.2) is 0 Å². The van der Waals surface area contributed by atoms with Crippen LogP contribution in [0.2, 0.25) is 0 Å². The standard InChI is InChI=1S/C70H64N4O.Pt/c1-46(2)61-30-22-31-62(47(3)4)68(61)52-39-58(73-45-72(48(5)49(73)6)57-38-51(50-23-14-11-15-24-50)37-56(41-57)70(9,10)54-27-18-13-19-28-54)43-60(40-52)75-59-33-34-64-63-29-20-21-32-65(63)74(66(64)44-59)67-42-55(35-36-71-67)69(7,8)53-25-16-12-17-26-53;/h11-42,46-47H,1-10H3;/q-2;. The molecule has 3 aromatic heterocycles. The molecule has 0 radical (unpaired) electrons. The van der Waals surface area contributed by atoms with E-state index in [1.165, 1.54) is 44.5 Å². The minimum absolute atomic E-state index is 0. The van der Waals surface area contributed by atoms with E-state index in [-0.39, 0.29) is 43.7 Å². The van der Waals surface area contributed by atoms with E-state index in [9.17, 15) is 0 Å². The molecule has 0 amide bonds. The van der Waals surface area contributed by atoms with Crippen molar-refractivity contribution in [3.8, 4) is 50.9 Å². The third kappa shape index (κ3) is 9.56. The summed E-state index contributed by atoms with van der Waals surface area (Å²) in [5, 5.41) is 2.20. The summed E-state index contributed by atoms with van der Waals surface area (Å²) in [7, 11) is 0. The molecule has 0 saturated carbocycles. The molecule has 0 unspecified atom stereocenters. The summed E-state index contributed by atoms with van der Waals surface area (Å²) < 4.78 is 13.7. The molecule has 0 aliphatic heterocycles. The first-order valence-electron chi connectivity index (χ1n) is 26.3. The number of benzene rings is 8. The van der Waals surface area contributed by atoms with Gasteiger partial charge in [-0.25, -0.2) is 4.98 Å². The molecule has 0 aliphatic rings. The Morgan fingerprint density at radius 3 is 1.80 bits per heavy atom. The summed E-state index contributed by atoms with van der Waals surface area (Å²) in [6.07, 6.45) is 5.77. The number of ether oxygens (including phenoxy) is 1. The van der Waals surface area contributed by atoms with E-state index in [1.54, 1.807) is 0 Å². The first kappa shape index (κ1) is 51.9. The first-order valence-corrected chi connectivity index (χ1v) is 26.3. The minimum Gasteiger partial charge on any atom is -0.510 e. The van der Waals surface area contributed by atoms with Gasteiger partial charge < -0.3 is 13.9 Å².